The van der Waals surface area contributed by atoms with Crippen molar-refractivity contribution in [3.05, 3.63) is 0 Å². The Morgan fingerprint density at radius 3 is 2.18 bits per heavy atom. The normalized spacial score (nSPS) is 44.1. The van der Waals surface area contributed by atoms with E-state index in [2.05, 4.69) is 5.32 Å². The second-order valence-electron chi connectivity index (χ2n) is 6.51. The zero-order valence-corrected chi connectivity index (χ0v) is 15.1. The van der Waals surface area contributed by atoms with Crippen molar-refractivity contribution in [2.24, 2.45) is 0 Å². The molecule has 0 bridgehead atoms. The van der Waals surface area contributed by atoms with E-state index in [9.17, 15) is 40.2 Å². The van der Waals surface area contributed by atoms with E-state index in [0.29, 0.717) is 0 Å². The number of hydrogen-bond acceptors (Lipinski definition) is 11. The van der Waals surface area contributed by atoms with Gasteiger partial charge < -0.3 is 54.9 Å². The van der Waals surface area contributed by atoms with Gasteiger partial charge in [0.25, 0.3) is 0 Å². The minimum absolute atomic E-state index is 0.607. The van der Waals surface area contributed by atoms with E-state index in [-0.39, 0.29) is 0 Å². The van der Waals surface area contributed by atoms with Crippen LogP contribution in [0.1, 0.15) is 6.92 Å². The van der Waals surface area contributed by atoms with Gasteiger partial charge in [-0.15, -0.1) is 0 Å². The van der Waals surface area contributed by atoms with E-state index in [1.54, 1.807) is 0 Å². The van der Waals surface area contributed by atoms with E-state index < -0.39 is 79.8 Å². The summed E-state index contributed by atoms with van der Waals surface area (Å²) in [5.41, 5.74) is 0. The minimum Gasteiger partial charge on any atom is -0.479 e. The van der Waals surface area contributed by atoms with Gasteiger partial charge in [-0.1, -0.05) is 0 Å². The lowest BCUT2D eigenvalue weighted by atomic mass is 9.95. The van der Waals surface area contributed by atoms with Crippen LogP contribution in [0.2, 0.25) is 0 Å². The van der Waals surface area contributed by atoms with Crippen molar-refractivity contribution in [3.8, 4) is 0 Å². The minimum atomic E-state index is -1.78. The maximum atomic E-state index is 11.4. The Morgan fingerprint density at radius 1 is 1.04 bits per heavy atom. The van der Waals surface area contributed by atoms with E-state index >= 15 is 0 Å². The molecule has 2 heterocycles. The second kappa shape index (κ2) is 9.39. The number of hydrogen-bond donors (Lipinski definition) is 7. The smallest absolute Gasteiger partial charge is 0.335 e. The van der Waals surface area contributed by atoms with Gasteiger partial charge in [-0.3, -0.25) is 4.79 Å². The van der Waals surface area contributed by atoms with Gasteiger partial charge in [0.2, 0.25) is 5.91 Å². The Labute approximate surface area is 159 Å². The van der Waals surface area contributed by atoms with Gasteiger partial charge in [-0.2, -0.15) is 0 Å². The molecular formula is C15H25NO12. The Kier molecular flexibility index (Phi) is 7.66. The summed E-state index contributed by atoms with van der Waals surface area (Å²) in [6.45, 7) is 0.429. The molecule has 0 aromatic carbocycles. The van der Waals surface area contributed by atoms with Crippen LogP contribution >= 0.6 is 0 Å². The molecule has 2 saturated heterocycles. The summed E-state index contributed by atoms with van der Waals surface area (Å²) >= 11 is 0. The monoisotopic (exact) mass is 411 g/mol. The molecule has 2 aliphatic rings. The lowest BCUT2D eigenvalue weighted by Crippen LogP contribution is -2.68. The first kappa shape index (κ1) is 22.9. The molecule has 2 fully saturated rings. The van der Waals surface area contributed by atoms with Gasteiger partial charge in [0, 0.05) is 14.0 Å². The Morgan fingerprint density at radius 2 is 1.68 bits per heavy atom. The van der Waals surface area contributed by atoms with Crippen molar-refractivity contribution in [2.75, 3.05) is 13.7 Å². The predicted molar refractivity (Wildman–Crippen MR) is 85.6 cm³/mol. The molecule has 162 valence electrons. The van der Waals surface area contributed by atoms with Crippen molar-refractivity contribution >= 4 is 11.9 Å². The lowest BCUT2D eigenvalue weighted by molar-refractivity contribution is -0.338. The first-order chi connectivity index (χ1) is 13.1. The molecule has 1 amide bonds. The fourth-order valence-electron chi connectivity index (χ4n) is 3.20. The number of aliphatic carboxylic acids is 1. The molecule has 0 aromatic heterocycles. The zero-order valence-electron chi connectivity index (χ0n) is 15.1. The summed E-state index contributed by atoms with van der Waals surface area (Å²) in [7, 11) is 1.12. The predicted octanol–water partition coefficient (Wildman–Crippen LogP) is -4.51. The quantitative estimate of drug-likeness (QED) is 0.221. The number of carboxylic acids is 1. The topological polar surface area (TPSA) is 204 Å². The molecule has 28 heavy (non-hydrogen) atoms. The van der Waals surface area contributed by atoms with Crippen LogP contribution in [-0.2, 0) is 28.5 Å². The number of methoxy groups -OCH3 is 1. The zero-order chi connectivity index (χ0) is 21.2. The summed E-state index contributed by atoms with van der Waals surface area (Å²) in [5.74, 6) is -2.10. The summed E-state index contributed by atoms with van der Waals surface area (Å²) in [4.78, 5) is 22.8. The lowest BCUT2D eigenvalue weighted by Gasteiger charge is -2.46. The second-order valence-corrected chi connectivity index (χ2v) is 6.51. The molecule has 0 aromatic rings. The van der Waals surface area contributed by atoms with Gasteiger partial charge in [0.05, 0.1) is 6.61 Å². The van der Waals surface area contributed by atoms with Crippen molar-refractivity contribution in [3.63, 3.8) is 0 Å². The van der Waals surface area contributed by atoms with Crippen LogP contribution in [-0.4, -0.2) is 118 Å². The number of carbonyl (C=O) groups is 2. The number of aliphatic hydroxyl groups is 5. The average molecular weight is 411 g/mol. The van der Waals surface area contributed by atoms with Crippen LogP contribution in [0, 0.1) is 0 Å². The maximum absolute atomic E-state index is 11.4. The molecule has 13 nitrogen and oxygen atoms in total. The van der Waals surface area contributed by atoms with Crippen molar-refractivity contribution in [2.45, 2.75) is 68.3 Å². The summed E-state index contributed by atoms with van der Waals surface area (Å²) in [6.07, 6.45) is -14.4. The summed E-state index contributed by atoms with van der Waals surface area (Å²) in [6, 6.07) is -1.34. The molecular weight excluding hydrogens is 386 g/mol. The number of carbonyl (C=O) groups excluding carboxylic acids is 1. The van der Waals surface area contributed by atoms with Crippen molar-refractivity contribution in [1.82, 2.24) is 5.32 Å². The molecule has 13 heteroatoms. The first-order valence-electron chi connectivity index (χ1n) is 8.44. The molecule has 2 aliphatic heterocycles. The van der Waals surface area contributed by atoms with Crippen LogP contribution in [0.4, 0.5) is 0 Å². The summed E-state index contributed by atoms with van der Waals surface area (Å²) in [5, 5.41) is 61.7. The highest BCUT2D eigenvalue weighted by molar-refractivity contribution is 5.73. The molecule has 0 saturated carbocycles. The fourth-order valence-corrected chi connectivity index (χ4v) is 3.20. The van der Waals surface area contributed by atoms with Crippen LogP contribution in [0.3, 0.4) is 0 Å². The molecule has 7 N–H and O–H groups in total. The van der Waals surface area contributed by atoms with Crippen molar-refractivity contribution < 1.29 is 59.2 Å². The molecule has 4 unspecified atom stereocenters. The highest BCUT2D eigenvalue weighted by Gasteiger charge is 2.52. The third-order valence-corrected chi connectivity index (χ3v) is 4.59. The number of rotatable bonds is 6. The van der Waals surface area contributed by atoms with Crippen LogP contribution in [0.15, 0.2) is 0 Å². The largest absolute Gasteiger partial charge is 0.479 e. The molecule has 0 radical (unpaired) electrons. The number of nitrogens with one attached hydrogen (secondary N) is 1. The Bertz CT molecular complexity index is 561. The van der Waals surface area contributed by atoms with Crippen LogP contribution in [0.5, 0.6) is 0 Å². The van der Waals surface area contributed by atoms with E-state index in [1.165, 1.54) is 0 Å². The standard InChI is InChI=1S/C15H25NO12/c1-4(18)16-6-10(7(19)5(3-17)26-14(6)24)27-15-9(21)8(20)11(25-2)12(28-15)13(22)23/h5-12,14-15,17,19-21,24H,3H2,1-2H3,(H,16,18)(H,22,23)/t5?,6?,7-,8-,9?,10-,11+,12?,14-,15-/m1/s1. The third kappa shape index (κ3) is 4.59. The van der Waals surface area contributed by atoms with Gasteiger partial charge in [-0.05, 0) is 0 Å². The molecule has 10 atom stereocenters. The number of carboxylic acid groups (broad SMARTS) is 1. The van der Waals surface area contributed by atoms with E-state index in [1.807, 2.05) is 0 Å². The Balaban J connectivity index is 2.26. The molecule has 0 spiro atoms. The van der Waals surface area contributed by atoms with E-state index in [4.69, 9.17) is 18.9 Å². The van der Waals surface area contributed by atoms with Crippen molar-refractivity contribution in [1.29, 1.82) is 0 Å². The highest BCUT2D eigenvalue weighted by atomic mass is 16.7. The number of amides is 1. The summed E-state index contributed by atoms with van der Waals surface area (Å²) < 4.78 is 20.5. The van der Waals surface area contributed by atoms with E-state index in [0.717, 1.165) is 14.0 Å². The van der Waals surface area contributed by atoms with Gasteiger partial charge in [0.1, 0.15) is 42.7 Å². The molecule has 2 rings (SSSR count). The average Bonchev–Trinajstić information content (AvgIpc) is 2.63. The van der Waals surface area contributed by atoms with Crippen LogP contribution in [0.25, 0.3) is 0 Å². The molecule has 0 aliphatic carbocycles. The Hall–Kier alpha value is -1.42. The SMILES string of the molecule is CO[C@@H]1C(C(=O)O)O[C@@H](O[C@@H]2C(NC(C)=O)[C@H](O)OC(CO)[C@H]2O)C(O)[C@H]1O. The van der Waals surface area contributed by atoms with Gasteiger partial charge >= 0.3 is 5.97 Å². The fraction of sp³-hybridized carbons (Fsp3) is 0.867. The van der Waals surface area contributed by atoms with Gasteiger partial charge in [-0.25, -0.2) is 4.79 Å². The number of ether oxygens (including phenoxy) is 4. The number of aliphatic hydroxyl groups excluding tert-OH is 5. The third-order valence-electron chi connectivity index (χ3n) is 4.59. The first-order valence-corrected chi connectivity index (χ1v) is 8.44. The highest BCUT2D eigenvalue weighted by Crippen LogP contribution is 2.29. The maximum Gasteiger partial charge on any atom is 0.335 e. The van der Waals surface area contributed by atoms with Gasteiger partial charge in [0.15, 0.2) is 18.7 Å². The van der Waals surface area contributed by atoms with Crippen LogP contribution < -0.4 is 5.32 Å².